The molecule has 0 saturated carbocycles. The Hall–Kier alpha value is -2.96. The Morgan fingerprint density at radius 3 is 2.61 bits per heavy atom. The zero-order chi connectivity index (χ0) is 22.9. The van der Waals surface area contributed by atoms with Gasteiger partial charge in [0.2, 0.25) is 0 Å². The van der Waals surface area contributed by atoms with Gasteiger partial charge in [0.25, 0.3) is 0 Å². The molecule has 9 heteroatoms. The van der Waals surface area contributed by atoms with Gasteiger partial charge in [-0.3, -0.25) is 0 Å². The van der Waals surface area contributed by atoms with Gasteiger partial charge in [-0.1, -0.05) is 0 Å². The van der Waals surface area contributed by atoms with Crippen LogP contribution in [0.15, 0.2) is 65.4 Å². The Morgan fingerprint density at radius 1 is 1.06 bits per heavy atom. The summed E-state index contributed by atoms with van der Waals surface area (Å²) in [6, 6.07) is 18.0. The third-order valence-corrected chi connectivity index (χ3v) is 6.49. The van der Waals surface area contributed by atoms with Crippen LogP contribution in [0.2, 0.25) is 0 Å². The molecule has 33 heavy (non-hydrogen) atoms. The van der Waals surface area contributed by atoms with Crippen molar-refractivity contribution in [2.24, 2.45) is 0 Å². The molecule has 0 N–H and O–H groups in total. The summed E-state index contributed by atoms with van der Waals surface area (Å²) in [7, 11) is 1.68. The number of fused-ring (bicyclic) bond motifs is 1. The van der Waals surface area contributed by atoms with Crippen molar-refractivity contribution >= 4 is 54.5 Å². The minimum absolute atomic E-state index is 0.616. The fraction of sp³-hybridized carbons (Fsp3) is 0.167. The first-order valence-electron chi connectivity index (χ1n) is 10.3. The van der Waals surface area contributed by atoms with Gasteiger partial charge in [-0.2, -0.15) is 0 Å². The van der Waals surface area contributed by atoms with Crippen LogP contribution in [0.3, 0.4) is 0 Å². The van der Waals surface area contributed by atoms with Crippen LogP contribution in [-0.2, 0) is 6.54 Å². The molecule has 3 aromatic heterocycles. The molecule has 5 rings (SSSR count). The molecular weight excluding hydrogens is 543 g/mol. The molecular formula is C24H20AsBrN6O. The molecule has 0 unspecified atom stereocenters. The summed E-state index contributed by atoms with van der Waals surface area (Å²) in [6.45, 7) is 3.31. The first kappa shape index (κ1) is 21.9. The first-order chi connectivity index (χ1) is 16.0. The summed E-state index contributed by atoms with van der Waals surface area (Å²) in [5.41, 5.74) is 4.85. The number of nitrogens with zero attached hydrogens (tertiary/aromatic N) is 6. The van der Waals surface area contributed by atoms with Crippen molar-refractivity contribution < 1.29 is 4.74 Å². The summed E-state index contributed by atoms with van der Waals surface area (Å²) < 4.78 is 6.93. The van der Waals surface area contributed by atoms with Gasteiger partial charge in [0.05, 0.1) is 0 Å². The van der Waals surface area contributed by atoms with E-state index in [-0.39, 0.29) is 0 Å². The standard InChI is InChI=1S/C24H20AsBrN6O/c1-15-4-3-5-19(28-15)23-29-22(25)21-24(30-23)31(13-16-6-8-18(33-2)9-7-16)14-32(21)17-10-11-27-20(26)12-17/h3-12H,13-14H2,1-2H3. The van der Waals surface area contributed by atoms with Crippen molar-refractivity contribution in [2.45, 2.75) is 13.5 Å². The van der Waals surface area contributed by atoms with Gasteiger partial charge in [0, 0.05) is 0 Å². The number of hydrogen-bond donors (Lipinski definition) is 0. The molecule has 0 atom stereocenters. The SMILES string of the molecule is COc1ccc(CN2CN(c3ccnc(Br)c3)c3c([As])nc(-c4cccc(C)n4)nc32)cc1. The summed E-state index contributed by atoms with van der Waals surface area (Å²) >= 11 is 6.08. The third-order valence-electron chi connectivity index (χ3n) is 5.40. The predicted molar refractivity (Wildman–Crippen MR) is 134 cm³/mol. The average molecular weight is 563 g/mol. The van der Waals surface area contributed by atoms with E-state index in [4.69, 9.17) is 14.7 Å². The predicted octanol–water partition coefficient (Wildman–Crippen LogP) is 3.92. The van der Waals surface area contributed by atoms with E-state index in [0.29, 0.717) is 19.0 Å². The number of rotatable bonds is 5. The zero-order valence-corrected chi connectivity index (χ0v) is 21.6. The van der Waals surface area contributed by atoms with Crippen LogP contribution in [0.5, 0.6) is 5.75 Å². The van der Waals surface area contributed by atoms with Gasteiger partial charge < -0.3 is 0 Å². The van der Waals surface area contributed by atoms with Gasteiger partial charge in [0.15, 0.2) is 0 Å². The van der Waals surface area contributed by atoms with Crippen LogP contribution in [0.1, 0.15) is 11.3 Å². The number of pyridine rings is 2. The van der Waals surface area contributed by atoms with Gasteiger partial charge in [0.1, 0.15) is 0 Å². The van der Waals surface area contributed by atoms with Crippen molar-refractivity contribution in [2.75, 3.05) is 23.6 Å². The minimum atomic E-state index is 0.616. The van der Waals surface area contributed by atoms with Gasteiger partial charge in [-0.15, -0.1) is 0 Å². The monoisotopic (exact) mass is 562 g/mol. The first-order valence-corrected chi connectivity index (χ1v) is 12.1. The number of hydrogen-bond acceptors (Lipinski definition) is 7. The molecule has 0 amide bonds. The Balaban J connectivity index is 1.59. The summed E-state index contributed by atoms with van der Waals surface area (Å²) in [6.07, 6.45) is 1.79. The molecule has 164 valence electrons. The van der Waals surface area contributed by atoms with Crippen molar-refractivity contribution in [1.82, 2.24) is 19.9 Å². The fourth-order valence-corrected chi connectivity index (χ4v) is 4.85. The van der Waals surface area contributed by atoms with Crippen LogP contribution in [0.25, 0.3) is 11.5 Å². The van der Waals surface area contributed by atoms with Crippen molar-refractivity contribution in [3.8, 4) is 17.3 Å². The normalized spacial score (nSPS) is 12.7. The molecule has 2 radical (unpaired) electrons. The number of anilines is 3. The van der Waals surface area contributed by atoms with E-state index >= 15 is 0 Å². The van der Waals surface area contributed by atoms with Crippen molar-refractivity contribution in [1.29, 1.82) is 0 Å². The molecule has 4 aromatic rings. The molecule has 1 aliphatic heterocycles. The van der Waals surface area contributed by atoms with E-state index in [0.717, 1.165) is 43.4 Å². The molecule has 0 spiro atoms. The van der Waals surface area contributed by atoms with E-state index in [9.17, 15) is 0 Å². The van der Waals surface area contributed by atoms with Crippen LogP contribution in [0, 0.1) is 6.92 Å². The number of methoxy groups -OCH3 is 1. The van der Waals surface area contributed by atoms with Crippen molar-refractivity contribution in [3.63, 3.8) is 0 Å². The Bertz CT molecular complexity index is 1320. The van der Waals surface area contributed by atoms with Crippen molar-refractivity contribution in [3.05, 3.63) is 76.7 Å². The molecule has 1 aromatic carbocycles. The Morgan fingerprint density at radius 2 is 1.88 bits per heavy atom. The van der Waals surface area contributed by atoms with Gasteiger partial charge in [-0.05, 0) is 0 Å². The Kier molecular flexibility index (Phi) is 6.04. The number of aryl methyl sites for hydroxylation is 1. The van der Waals surface area contributed by atoms with Crippen LogP contribution in [-0.4, -0.2) is 50.6 Å². The third kappa shape index (κ3) is 4.45. The molecule has 0 fully saturated rings. The van der Waals surface area contributed by atoms with E-state index in [1.807, 2.05) is 49.4 Å². The van der Waals surface area contributed by atoms with Crippen LogP contribution < -0.4 is 19.0 Å². The fourth-order valence-electron chi connectivity index (χ4n) is 3.83. The molecule has 7 nitrogen and oxygen atoms in total. The quantitative estimate of drug-likeness (QED) is 0.270. The number of halogens is 1. The second kappa shape index (κ2) is 9.12. The molecule has 0 bridgehead atoms. The molecule has 0 saturated heterocycles. The second-order valence-electron chi connectivity index (χ2n) is 7.66. The number of aromatic nitrogens is 4. The van der Waals surface area contributed by atoms with Gasteiger partial charge in [-0.25, -0.2) is 0 Å². The van der Waals surface area contributed by atoms with E-state index in [1.165, 1.54) is 5.56 Å². The second-order valence-corrected chi connectivity index (χ2v) is 9.36. The van der Waals surface area contributed by atoms with E-state index < -0.39 is 0 Å². The van der Waals surface area contributed by atoms with E-state index in [1.54, 1.807) is 13.3 Å². The summed E-state index contributed by atoms with van der Waals surface area (Å²) in [4.78, 5) is 23.2. The molecule has 4 heterocycles. The Labute approximate surface area is 209 Å². The average Bonchev–Trinajstić information content (AvgIpc) is 3.18. The maximum atomic E-state index is 5.31. The molecule has 1 aliphatic rings. The summed E-state index contributed by atoms with van der Waals surface area (Å²) in [5.74, 6) is 2.33. The number of benzene rings is 1. The number of ether oxygens (including phenoxy) is 1. The topological polar surface area (TPSA) is 67.3 Å². The van der Waals surface area contributed by atoms with Crippen LogP contribution in [0.4, 0.5) is 17.2 Å². The van der Waals surface area contributed by atoms with E-state index in [2.05, 4.69) is 64.7 Å². The van der Waals surface area contributed by atoms with Gasteiger partial charge >= 0.3 is 210 Å². The zero-order valence-electron chi connectivity index (χ0n) is 18.1. The molecule has 0 aliphatic carbocycles. The maximum absolute atomic E-state index is 5.31. The summed E-state index contributed by atoms with van der Waals surface area (Å²) in [5, 5.41) is 0. The van der Waals surface area contributed by atoms with Crippen LogP contribution >= 0.6 is 15.9 Å².